The van der Waals surface area contributed by atoms with Crippen LogP contribution in [0.3, 0.4) is 0 Å². The molecule has 1 rings (SSSR count). The van der Waals surface area contributed by atoms with Crippen molar-refractivity contribution in [3.8, 4) is 0 Å². The fourth-order valence-corrected chi connectivity index (χ4v) is 1.47. The molecule has 0 aromatic carbocycles. The average molecular weight is 239 g/mol. The molecule has 1 atom stereocenters. The molecule has 17 heavy (non-hydrogen) atoms. The summed E-state index contributed by atoms with van der Waals surface area (Å²) in [5.41, 5.74) is 5.94. The number of rotatable bonds is 5. The van der Waals surface area contributed by atoms with E-state index in [1.165, 1.54) is 23.2 Å². The predicted octanol–water partition coefficient (Wildman–Crippen LogP) is -0.579. The number of hydrogen-bond acceptors (Lipinski definition) is 4. The zero-order valence-electron chi connectivity index (χ0n) is 9.97. The lowest BCUT2D eigenvalue weighted by atomic mass is 10.2. The van der Waals surface area contributed by atoms with Crippen LogP contribution in [0.4, 0.5) is 0 Å². The second-order valence-corrected chi connectivity index (χ2v) is 3.84. The second kappa shape index (κ2) is 6.17. The minimum absolute atomic E-state index is 0.187. The van der Waals surface area contributed by atoms with Crippen LogP contribution in [0.25, 0.3) is 0 Å². The quantitative estimate of drug-likeness (QED) is 0.719. The van der Waals surface area contributed by atoms with Crippen molar-refractivity contribution in [1.29, 1.82) is 0 Å². The Kier molecular flexibility index (Phi) is 4.86. The van der Waals surface area contributed by atoms with Crippen molar-refractivity contribution in [2.75, 3.05) is 27.3 Å². The van der Waals surface area contributed by atoms with Crippen molar-refractivity contribution in [2.24, 2.45) is 5.73 Å². The van der Waals surface area contributed by atoms with Crippen LogP contribution in [-0.4, -0.2) is 49.1 Å². The van der Waals surface area contributed by atoms with E-state index in [0.717, 1.165) is 0 Å². The first-order chi connectivity index (χ1) is 8.04. The minimum atomic E-state index is -0.236. The summed E-state index contributed by atoms with van der Waals surface area (Å²) in [5.74, 6) is -0.187. The Balaban J connectivity index is 2.63. The van der Waals surface area contributed by atoms with Crippen molar-refractivity contribution in [3.63, 3.8) is 0 Å². The highest BCUT2D eigenvalue weighted by Gasteiger charge is 2.14. The van der Waals surface area contributed by atoms with Crippen LogP contribution in [0, 0.1) is 0 Å². The Bertz CT molecular complexity index is 410. The molecule has 1 heterocycles. The van der Waals surface area contributed by atoms with Gasteiger partial charge in [-0.25, -0.2) is 0 Å². The SMILES string of the molecule is COCC(N)CN(C)C(=O)c1ccc(=O)[nH]c1. The fraction of sp³-hybridized carbons (Fsp3) is 0.455. The number of amides is 1. The third kappa shape index (κ3) is 4.01. The Morgan fingerprint density at radius 3 is 2.82 bits per heavy atom. The molecular weight excluding hydrogens is 222 g/mol. The zero-order chi connectivity index (χ0) is 12.8. The molecule has 6 heteroatoms. The number of methoxy groups -OCH3 is 1. The highest BCUT2D eigenvalue weighted by Crippen LogP contribution is 2.00. The summed E-state index contributed by atoms with van der Waals surface area (Å²) in [7, 11) is 3.21. The fourth-order valence-electron chi connectivity index (χ4n) is 1.47. The Morgan fingerprint density at radius 2 is 2.29 bits per heavy atom. The highest BCUT2D eigenvalue weighted by atomic mass is 16.5. The summed E-state index contributed by atoms with van der Waals surface area (Å²) in [5, 5.41) is 0. The number of ether oxygens (including phenoxy) is 1. The largest absolute Gasteiger partial charge is 0.383 e. The van der Waals surface area contributed by atoms with E-state index in [1.54, 1.807) is 14.2 Å². The van der Waals surface area contributed by atoms with Gasteiger partial charge in [0.25, 0.3) is 5.91 Å². The number of carbonyl (C=O) groups excluding carboxylic acids is 1. The molecule has 0 aliphatic carbocycles. The van der Waals surface area contributed by atoms with Crippen LogP contribution < -0.4 is 11.3 Å². The molecule has 0 spiro atoms. The molecule has 0 bridgehead atoms. The Labute approximate surface area is 99.4 Å². The van der Waals surface area contributed by atoms with Crippen LogP contribution in [-0.2, 0) is 4.74 Å². The average Bonchev–Trinajstić information content (AvgIpc) is 2.29. The monoisotopic (exact) mass is 239 g/mol. The number of aromatic amines is 1. The minimum Gasteiger partial charge on any atom is -0.383 e. The van der Waals surface area contributed by atoms with Gasteiger partial charge >= 0.3 is 0 Å². The van der Waals surface area contributed by atoms with Crippen LogP contribution in [0.15, 0.2) is 23.1 Å². The zero-order valence-corrected chi connectivity index (χ0v) is 9.97. The third-order valence-electron chi connectivity index (χ3n) is 2.27. The van der Waals surface area contributed by atoms with Gasteiger partial charge in [-0.15, -0.1) is 0 Å². The topological polar surface area (TPSA) is 88.4 Å². The molecule has 94 valence electrons. The molecular formula is C11H17N3O3. The molecule has 0 fully saturated rings. The highest BCUT2D eigenvalue weighted by molar-refractivity contribution is 5.93. The van der Waals surface area contributed by atoms with Gasteiger partial charge in [0.2, 0.25) is 5.56 Å². The first-order valence-electron chi connectivity index (χ1n) is 5.23. The summed E-state index contributed by atoms with van der Waals surface area (Å²) in [6.45, 7) is 0.787. The summed E-state index contributed by atoms with van der Waals surface area (Å²) < 4.78 is 4.90. The van der Waals surface area contributed by atoms with Gasteiger partial charge in [-0.2, -0.15) is 0 Å². The number of nitrogens with one attached hydrogen (secondary N) is 1. The summed E-state index contributed by atoms with van der Waals surface area (Å²) in [6, 6.07) is 2.58. The molecule has 0 radical (unpaired) electrons. The molecule has 3 N–H and O–H groups in total. The smallest absolute Gasteiger partial charge is 0.255 e. The maximum Gasteiger partial charge on any atom is 0.255 e. The normalized spacial score (nSPS) is 12.2. The predicted molar refractivity (Wildman–Crippen MR) is 63.9 cm³/mol. The molecule has 1 aromatic rings. The number of H-pyrrole nitrogens is 1. The van der Waals surface area contributed by atoms with Gasteiger partial charge in [0.05, 0.1) is 12.2 Å². The molecule has 1 aromatic heterocycles. The van der Waals surface area contributed by atoms with Gasteiger partial charge in [-0.05, 0) is 6.07 Å². The van der Waals surface area contributed by atoms with E-state index in [-0.39, 0.29) is 17.5 Å². The van der Waals surface area contributed by atoms with E-state index in [9.17, 15) is 9.59 Å². The van der Waals surface area contributed by atoms with Gasteiger partial charge in [-0.3, -0.25) is 9.59 Å². The first kappa shape index (κ1) is 13.4. The molecule has 0 saturated carbocycles. The number of likely N-dealkylation sites (N-methyl/N-ethyl adjacent to an activating group) is 1. The van der Waals surface area contributed by atoms with Crippen LogP contribution >= 0.6 is 0 Å². The number of aromatic nitrogens is 1. The van der Waals surface area contributed by atoms with Crippen molar-refractivity contribution in [1.82, 2.24) is 9.88 Å². The lowest BCUT2D eigenvalue weighted by molar-refractivity contribution is 0.0764. The molecule has 0 aliphatic heterocycles. The number of nitrogens with two attached hydrogens (primary N) is 1. The maximum atomic E-state index is 11.9. The molecule has 6 nitrogen and oxygen atoms in total. The summed E-state index contributed by atoms with van der Waals surface area (Å²) in [6.07, 6.45) is 1.39. The van der Waals surface area contributed by atoms with Crippen LogP contribution in [0.2, 0.25) is 0 Å². The number of nitrogens with zero attached hydrogens (tertiary/aromatic N) is 1. The third-order valence-corrected chi connectivity index (χ3v) is 2.27. The van der Waals surface area contributed by atoms with E-state index >= 15 is 0 Å². The molecule has 1 amide bonds. The lowest BCUT2D eigenvalue weighted by Crippen LogP contribution is -2.41. The van der Waals surface area contributed by atoms with E-state index < -0.39 is 0 Å². The van der Waals surface area contributed by atoms with Crippen LogP contribution in [0.1, 0.15) is 10.4 Å². The van der Waals surface area contributed by atoms with Gasteiger partial charge in [0.15, 0.2) is 0 Å². The van der Waals surface area contributed by atoms with Gasteiger partial charge in [0, 0.05) is 39.0 Å². The van der Waals surface area contributed by atoms with Gasteiger partial charge in [-0.1, -0.05) is 0 Å². The lowest BCUT2D eigenvalue weighted by Gasteiger charge is -2.21. The van der Waals surface area contributed by atoms with E-state index in [0.29, 0.717) is 18.7 Å². The van der Waals surface area contributed by atoms with Gasteiger partial charge in [0.1, 0.15) is 0 Å². The van der Waals surface area contributed by atoms with Crippen molar-refractivity contribution >= 4 is 5.91 Å². The Hall–Kier alpha value is -1.66. The summed E-state index contributed by atoms with van der Waals surface area (Å²) in [4.78, 5) is 26.7. The van der Waals surface area contributed by atoms with Gasteiger partial charge < -0.3 is 20.4 Å². The van der Waals surface area contributed by atoms with E-state index in [1.807, 2.05) is 0 Å². The summed E-state index contributed by atoms with van der Waals surface area (Å²) >= 11 is 0. The van der Waals surface area contributed by atoms with Crippen LogP contribution in [0.5, 0.6) is 0 Å². The number of pyridine rings is 1. The maximum absolute atomic E-state index is 11.9. The second-order valence-electron chi connectivity index (χ2n) is 3.84. The van der Waals surface area contributed by atoms with Crippen molar-refractivity contribution < 1.29 is 9.53 Å². The standard InChI is InChI=1S/C11H17N3O3/c1-14(6-9(12)7-17-2)11(16)8-3-4-10(15)13-5-8/h3-5,9H,6-7,12H2,1-2H3,(H,13,15). The number of carbonyl (C=O) groups is 1. The van der Waals surface area contributed by atoms with E-state index in [4.69, 9.17) is 10.5 Å². The van der Waals surface area contributed by atoms with E-state index in [2.05, 4.69) is 4.98 Å². The Morgan fingerprint density at radius 1 is 1.59 bits per heavy atom. The molecule has 0 saturated heterocycles. The number of hydrogen-bond donors (Lipinski definition) is 2. The first-order valence-corrected chi connectivity index (χ1v) is 5.23. The molecule has 0 aliphatic rings. The van der Waals surface area contributed by atoms with Crippen molar-refractivity contribution in [2.45, 2.75) is 6.04 Å². The molecule has 1 unspecified atom stereocenters. The van der Waals surface area contributed by atoms with Crippen molar-refractivity contribution in [3.05, 3.63) is 34.2 Å².